The van der Waals surface area contributed by atoms with Gasteiger partial charge in [0.1, 0.15) is 11.5 Å². The SMILES string of the molecule is COc1cc(OC)c2c(c1)-c1ccccc1C2c1c(C)[nH]c2ccc(C)cc12. The lowest BCUT2D eigenvalue weighted by Crippen LogP contribution is -2.03. The molecule has 5 rings (SSSR count). The summed E-state index contributed by atoms with van der Waals surface area (Å²) in [6.45, 7) is 4.31. The first-order valence-corrected chi connectivity index (χ1v) is 9.56. The molecule has 0 spiro atoms. The van der Waals surface area contributed by atoms with Crippen LogP contribution in [0.3, 0.4) is 0 Å². The van der Waals surface area contributed by atoms with Gasteiger partial charge in [0.2, 0.25) is 0 Å². The molecule has 0 saturated heterocycles. The van der Waals surface area contributed by atoms with Crippen molar-refractivity contribution in [1.82, 2.24) is 4.98 Å². The number of H-pyrrole nitrogens is 1. The average molecular weight is 369 g/mol. The zero-order chi connectivity index (χ0) is 19.4. The Balaban J connectivity index is 1.88. The summed E-state index contributed by atoms with van der Waals surface area (Å²) in [5, 5.41) is 1.28. The molecule has 1 aliphatic rings. The molecule has 1 unspecified atom stereocenters. The zero-order valence-electron chi connectivity index (χ0n) is 16.6. The van der Waals surface area contributed by atoms with Crippen LogP contribution in [0.4, 0.5) is 0 Å². The monoisotopic (exact) mass is 369 g/mol. The highest BCUT2D eigenvalue weighted by Gasteiger charge is 2.35. The summed E-state index contributed by atoms with van der Waals surface area (Å²) in [6, 6.07) is 19.4. The molecule has 1 N–H and O–H groups in total. The van der Waals surface area contributed by atoms with Crippen molar-refractivity contribution < 1.29 is 9.47 Å². The minimum atomic E-state index is 0.127. The van der Waals surface area contributed by atoms with Gasteiger partial charge in [-0.3, -0.25) is 0 Å². The Hall–Kier alpha value is -3.20. The number of aromatic nitrogens is 1. The second kappa shape index (κ2) is 6.16. The summed E-state index contributed by atoms with van der Waals surface area (Å²) in [5.41, 5.74) is 9.95. The second-order valence-corrected chi connectivity index (χ2v) is 7.52. The Morgan fingerprint density at radius 2 is 1.64 bits per heavy atom. The van der Waals surface area contributed by atoms with E-state index in [1.807, 2.05) is 6.07 Å². The predicted octanol–water partition coefficient (Wildman–Crippen LogP) is 5.96. The number of aryl methyl sites for hydroxylation is 2. The van der Waals surface area contributed by atoms with E-state index < -0.39 is 0 Å². The Kier molecular flexibility index (Phi) is 3.73. The molecule has 0 radical (unpaired) electrons. The van der Waals surface area contributed by atoms with Crippen LogP contribution < -0.4 is 9.47 Å². The molecule has 1 aromatic heterocycles. The van der Waals surface area contributed by atoms with E-state index in [1.165, 1.54) is 50.0 Å². The average Bonchev–Trinajstić information content (AvgIpc) is 3.20. The van der Waals surface area contributed by atoms with Crippen LogP contribution in [0.2, 0.25) is 0 Å². The lowest BCUT2D eigenvalue weighted by Gasteiger charge is -2.18. The highest BCUT2D eigenvalue weighted by Crippen LogP contribution is 2.54. The number of nitrogens with one attached hydrogen (secondary N) is 1. The van der Waals surface area contributed by atoms with Crippen LogP contribution in [-0.2, 0) is 0 Å². The molecule has 3 nitrogen and oxygen atoms in total. The maximum Gasteiger partial charge on any atom is 0.127 e. The topological polar surface area (TPSA) is 34.2 Å². The van der Waals surface area contributed by atoms with Gasteiger partial charge < -0.3 is 14.5 Å². The highest BCUT2D eigenvalue weighted by molar-refractivity contribution is 5.91. The number of benzene rings is 3. The van der Waals surface area contributed by atoms with E-state index >= 15 is 0 Å². The lowest BCUT2D eigenvalue weighted by atomic mass is 9.86. The van der Waals surface area contributed by atoms with Gasteiger partial charge in [0.25, 0.3) is 0 Å². The maximum atomic E-state index is 5.84. The summed E-state index contributed by atoms with van der Waals surface area (Å²) in [5.74, 6) is 1.82. The first-order valence-electron chi connectivity index (χ1n) is 9.56. The van der Waals surface area contributed by atoms with E-state index in [4.69, 9.17) is 9.47 Å². The minimum absolute atomic E-state index is 0.127. The lowest BCUT2D eigenvalue weighted by molar-refractivity contribution is 0.391. The fourth-order valence-corrected chi connectivity index (χ4v) is 4.69. The molecule has 1 aliphatic carbocycles. The van der Waals surface area contributed by atoms with Crippen LogP contribution in [0.15, 0.2) is 54.6 Å². The van der Waals surface area contributed by atoms with Gasteiger partial charge in [-0.1, -0.05) is 35.9 Å². The fourth-order valence-electron chi connectivity index (χ4n) is 4.69. The van der Waals surface area contributed by atoms with Crippen LogP contribution in [0.5, 0.6) is 11.5 Å². The molecule has 0 bridgehead atoms. The largest absolute Gasteiger partial charge is 0.497 e. The van der Waals surface area contributed by atoms with Crippen LogP contribution >= 0.6 is 0 Å². The number of methoxy groups -OCH3 is 2. The molecule has 28 heavy (non-hydrogen) atoms. The first-order chi connectivity index (χ1) is 13.6. The van der Waals surface area contributed by atoms with Crippen molar-refractivity contribution in [2.24, 2.45) is 0 Å². The molecule has 1 heterocycles. The van der Waals surface area contributed by atoms with Gasteiger partial charge in [-0.25, -0.2) is 0 Å². The van der Waals surface area contributed by atoms with Crippen molar-refractivity contribution >= 4 is 10.9 Å². The van der Waals surface area contributed by atoms with E-state index in [9.17, 15) is 0 Å². The highest BCUT2D eigenvalue weighted by atomic mass is 16.5. The van der Waals surface area contributed by atoms with Gasteiger partial charge in [0.15, 0.2) is 0 Å². The second-order valence-electron chi connectivity index (χ2n) is 7.52. The van der Waals surface area contributed by atoms with Gasteiger partial charge in [0, 0.05) is 34.1 Å². The van der Waals surface area contributed by atoms with Crippen molar-refractivity contribution in [3.05, 3.63) is 82.5 Å². The van der Waals surface area contributed by atoms with Gasteiger partial charge in [-0.05, 0) is 54.3 Å². The van der Waals surface area contributed by atoms with E-state index in [2.05, 4.69) is 67.4 Å². The number of ether oxygens (including phenoxy) is 2. The molecule has 3 aromatic carbocycles. The molecular weight excluding hydrogens is 346 g/mol. The first kappa shape index (κ1) is 16.9. The van der Waals surface area contributed by atoms with Crippen LogP contribution in [0.25, 0.3) is 22.0 Å². The van der Waals surface area contributed by atoms with E-state index in [0.29, 0.717) is 0 Å². The van der Waals surface area contributed by atoms with Crippen LogP contribution in [-0.4, -0.2) is 19.2 Å². The molecule has 140 valence electrons. The molecular formula is C25H23NO2. The van der Waals surface area contributed by atoms with Crippen molar-refractivity contribution in [3.8, 4) is 22.6 Å². The van der Waals surface area contributed by atoms with Crippen molar-refractivity contribution in [1.29, 1.82) is 0 Å². The molecule has 3 heteroatoms. The number of rotatable bonds is 3. The van der Waals surface area contributed by atoms with Crippen LogP contribution in [0, 0.1) is 13.8 Å². The van der Waals surface area contributed by atoms with E-state index in [1.54, 1.807) is 14.2 Å². The molecule has 0 saturated carbocycles. The summed E-state index contributed by atoms with van der Waals surface area (Å²) in [4.78, 5) is 3.59. The zero-order valence-corrected chi connectivity index (χ0v) is 16.6. The van der Waals surface area contributed by atoms with E-state index in [-0.39, 0.29) is 5.92 Å². The maximum absolute atomic E-state index is 5.84. The van der Waals surface area contributed by atoms with Gasteiger partial charge in [-0.15, -0.1) is 0 Å². The number of hydrogen-bond donors (Lipinski definition) is 1. The summed E-state index contributed by atoms with van der Waals surface area (Å²) < 4.78 is 11.4. The Labute approximate surface area is 164 Å². The summed E-state index contributed by atoms with van der Waals surface area (Å²) >= 11 is 0. The predicted molar refractivity (Wildman–Crippen MR) is 114 cm³/mol. The number of fused-ring (bicyclic) bond motifs is 4. The quantitative estimate of drug-likeness (QED) is 0.426. The Morgan fingerprint density at radius 3 is 2.43 bits per heavy atom. The number of aromatic amines is 1. The molecule has 0 aliphatic heterocycles. The van der Waals surface area contributed by atoms with E-state index in [0.717, 1.165) is 11.5 Å². The van der Waals surface area contributed by atoms with Crippen molar-refractivity contribution in [2.45, 2.75) is 19.8 Å². The normalized spacial score (nSPS) is 14.8. The Bertz CT molecular complexity index is 1220. The standard InChI is InChI=1S/C25H23NO2/c1-14-9-10-21-20(11-14)23(15(2)26-21)25-18-8-6-5-7-17(18)19-12-16(27-3)13-22(28-4)24(19)25/h5-13,25-26H,1-4H3. The molecule has 0 amide bonds. The van der Waals surface area contributed by atoms with Crippen LogP contribution in [0.1, 0.15) is 33.9 Å². The third-order valence-corrected chi connectivity index (χ3v) is 5.90. The third-order valence-electron chi connectivity index (χ3n) is 5.90. The van der Waals surface area contributed by atoms with Gasteiger partial charge in [0.05, 0.1) is 14.2 Å². The fraction of sp³-hybridized carbons (Fsp3) is 0.200. The number of hydrogen-bond acceptors (Lipinski definition) is 2. The van der Waals surface area contributed by atoms with Crippen molar-refractivity contribution in [3.63, 3.8) is 0 Å². The van der Waals surface area contributed by atoms with Gasteiger partial charge in [-0.2, -0.15) is 0 Å². The molecule has 1 atom stereocenters. The minimum Gasteiger partial charge on any atom is -0.497 e. The van der Waals surface area contributed by atoms with Gasteiger partial charge >= 0.3 is 0 Å². The Morgan fingerprint density at radius 1 is 0.821 bits per heavy atom. The van der Waals surface area contributed by atoms with Crippen molar-refractivity contribution in [2.75, 3.05) is 14.2 Å². The molecule has 4 aromatic rings. The smallest absolute Gasteiger partial charge is 0.127 e. The summed E-state index contributed by atoms with van der Waals surface area (Å²) in [6.07, 6.45) is 0. The summed E-state index contributed by atoms with van der Waals surface area (Å²) in [7, 11) is 3.44. The molecule has 0 fully saturated rings. The third kappa shape index (κ3) is 2.29.